The van der Waals surface area contributed by atoms with Crippen molar-refractivity contribution in [2.24, 2.45) is 0 Å². The summed E-state index contributed by atoms with van der Waals surface area (Å²) in [5.74, 6) is 0.702. The van der Waals surface area contributed by atoms with Crippen LogP contribution in [0.3, 0.4) is 0 Å². The minimum absolute atomic E-state index is 0.0184. The lowest BCUT2D eigenvalue weighted by atomic mass is 10.2. The van der Waals surface area contributed by atoms with E-state index in [9.17, 15) is 4.79 Å². The maximum Gasteiger partial charge on any atom is 0.410 e. The molecule has 1 atom stereocenters. The number of para-hydroxylation sites is 1. The number of carbonyl (C=O) groups excluding carboxylic acids is 1. The van der Waals surface area contributed by atoms with Gasteiger partial charge in [-0.15, -0.1) is 0 Å². The van der Waals surface area contributed by atoms with Gasteiger partial charge in [0.15, 0.2) is 0 Å². The molecule has 0 spiro atoms. The fourth-order valence-electron chi connectivity index (χ4n) is 3.52. The molecule has 2 aromatic rings. The van der Waals surface area contributed by atoms with E-state index in [1.807, 2.05) is 51.2 Å². The monoisotopic (exact) mass is 397 g/mol. The molecule has 1 aromatic heterocycles. The van der Waals surface area contributed by atoms with Crippen molar-refractivity contribution in [3.05, 3.63) is 48.8 Å². The highest BCUT2D eigenvalue weighted by atomic mass is 16.6. The summed E-state index contributed by atoms with van der Waals surface area (Å²) in [6.45, 7) is 9.73. The lowest BCUT2D eigenvalue weighted by molar-refractivity contribution is 0.0187. The molecular weight excluding hydrogens is 366 g/mol. The Morgan fingerprint density at radius 1 is 1.21 bits per heavy atom. The van der Waals surface area contributed by atoms with Crippen LogP contribution in [0.15, 0.2) is 48.8 Å². The van der Waals surface area contributed by atoms with E-state index in [-0.39, 0.29) is 12.1 Å². The van der Waals surface area contributed by atoms with Crippen molar-refractivity contribution in [2.75, 3.05) is 24.6 Å². The smallest absolute Gasteiger partial charge is 0.410 e. The van der Waals surface area contributed by atoms with Gasteiger partial charge in [0.05, 0.1) is 24.1 Å². The number of anilines is 2. The number of carbonyl (C=O) groups is 1. The number of ether oxygens (including phenoxy) is 2. The molecule has 0 radical (unpaired) electrons. The van der Waals surface area contributed by atoms with Crippen LogP contribution in [0.2, 0.25) is 0 Å². The molecule has 0 unspecified atom stereocenters. The summed E-state index contributed by atoms with van der Waals surface area (Å²) in [4.78, 5) is 20.8. The Morgan fingerprint density at radius 3 is 2.66 bits per heavy atom. The first-order valence-corrected chi connectivity index (χ1v) is 10.3. The Labute approximate surface area is 173 Å². The first-order valence-electron chi connectivity index (χ1n) is 10.3. The normalized spacial score (nSPS) is 16.6. The highest BCUT2D eigenvalue weighted by Gasteiger charge is 2.32. The van der Waals surface area contributed by atoms with Crippen molar-refractivity contribution in [3.8, 4) is 5.75 Å². The SMILES string of the molecule is CCN(c1ccccc1)c1cncc(OC[C@@H]2CCCN2C(=O)OC(C)(C)C)c1. The maximum atomic E-state index is 12.5. The number of hydrogen-bond acceptors (Lipinski definition) is 5. The third-order valence-corrected chi connectivity index (χ3v) is 4.84. The number of nitrogens with zero attached hydrogens (tertiary/aromatic N) is 3. The fourth-order valence-corrected chi connectivity index (χ4v) is 3.52. The van der Waals surface area contributed by atoms with Crippen LogP contribution in [0.25, 0.3) is 0 Å². The largest absolute Gasteiger partial charge is 0.490 e. The van der Waals surface area contributed by atoms with E-state index in [2.05, 4.69) is 28.9 Å². The van der Waals surface area contributed by atoms with E-state index in [1.54, 1.807) is 11.1 Å². The molecule has 1 fully saturated rings. The third kappa shape index (κ3) is 5.62. The van der Waals surface area contributed by atoms with Crippen molar-refractivity contribution in [2.45, 2.75) is 52.2 Å². The van der Waals surface area contributed by atoms with Crippen LogP contribution >= 0.6 is 0 Å². The summed E-state index contributed by atoms with van der Waals surface area (Å²) in [6, 6.07) is 12.2. The van der Waals surface area contributed by atoms with Crippen LogP contribution in [0.4, 0.5) is 16.2 Å². The zero-order valence-electron chi connectivity index (χ0n) is 17.8. The second-order valence-electron chi connectivity index (χ2n) is 8.24. The molecule has 1 amide bonds. The minimum atomic E-state index is -0.496. The first-order chi connectivity index (χ1) is 13.9. The Hall–Kier alpha value is -2.76. The van der Waals surface area contributed by atoms with Crippen LogP contribution in [-0.4, -0.2) is 47.3 Å². The van der Waals surface area contributed by atoms with E-state index in [0.29, 0.717) is 18.9 Å². The predicted octanol–water partition coefficient (Wildman–Crippen LogP) is 5.02. The number of benzene rings is 1. The summed E-state index contributed by atoms with van der Waals surface area (Å²) >= 11 is 0. The van der Waals surface area contributed by atoms with Gasteiger partial charge in [-0.05, 0) is 52.7 Å². The zero-order chi connectivity index (χ0) is 20.9. The third-order valence-electron chi connectivity index (χ3n) is 4.84. The predicted molar refractivity (Wildman–Crippen MR) is 115 cm³/mol. The van der Waals surface area contributed by atoms with Crippen LogP contribution in [0.1, 0.15) is 40.5 Å². The number of hydrogen-bond donors (Lipinski definition) is 0. The Balaban J connectivity index is 1.65. The molecule has 1 aliphatic rings. The highest BCUT2D eigenvalue weighted by Crippen LogP contribution is 2.28. The number of rotatable bonds is 6. The lowest BCUT2D eigenvalue weighted by Crippen LogP contribution is -2.42. The molecule has 1 saturated heterocycles. The summed E-state index contributed by atoms with van der Waals surface area (Å²) in [5.41, 5.74) is 1.59. The number of aromatic nitrogens is 1. The second-order valence-corrected chi connectivity index (χ2v) is 8.24. The van der Waals surface area contributed by atoms with Gasteiger partial charge in [0.2, 0.25) is 0 Å². The summed E-state index contributed by atoms with van der Waals surface area (Å²) < 4.78 is 11.6. The van der Waals surface area contributed by atoms with Gasteiger partial charge < -0.3 is 19.3 Å². The van der Waals surface area contributed by atoms with Gasteiger partial charge in [-0.25, -0.2) is 4.79 Å². The second kappa shape index (κ2) is 9.16. The van der Waals surface area contributed by atoms with E-state index < -0.39 is 5.60 Å². The molecule has 3 rings (SSSR count). The van der Waals surface area contributed by atoms with Crippen LogP contribution < -0.4 is 9.64 Å². The average molecular weight is 398 g/mol. The van der Waals surface area contributed by atoms with Crippen LogP contribution in [0.5, 0.6) is 5.75 Å². The minimum Gasteiger partial charge on any atom is -0.490 e. The molecule has 2 heterocycles. The van der Waals surface area contributed by atoms with Gasteiger partial charge in [0, 0.05) is 24.8 Å². The molecule has 1 aromatic carbocycles. The zero-order valence-corrected chi connectivity index (χ0v) is 17.8. The van der Waals surface area contributed by atoms with Gasteiger partial charge >= 0.3 is 6.09 Å². The fraction of sp³-hybridized carbons (Fsp3) is 0.478. The Kier molecular flexibility index (Phi) is 6.62. The Morgan fingerprint density at radius 2 is 1.97 bits per heavy atom. The van der Waals surface area contributed by atoms with Crippen molar-refractivity contribution < 1.29 is 14.3 Å². The summed E-state index contributed by atoms with van der Waals surface area (Å²) in [7, 11) is 0. The van der Waals surface area contributed by atoms with Gasteiger partial charge in [-0.1, -0.05) is 18.2 Å². The number of pyridine rings is 1. The molecule has 156 valence electrons. The molecule has 0 aliphatic carbocycles. The van der Waals surface area contributed by atoms with E-state index in [0.717, 1.165) is 30.8 Å². The van der Waals surface area contributed by atoms with Crippen molar-refractivity contribution in [3.63, 3.8) is 0 Å². The maximum absolute atomic E-state index is 12.5. The molecule has 1 aliphatic heterocycles. The number of amides is 1. The highest BCUT2D eigenvalue weighted by molar-refractivity contribution is 5.69. The van der Waals surface area contributed by atoms with Crippen LogP contribution in [0, 0.1) is 0 Å². The van der Waals surface area contributed by atoms with Crippen molar-refractivity contribution >= 4 is 17.5 Å². The molecule has 0 N–H and O–H groups in total. The quantitative estimate of drug-likeness (QED) is 0.685. The van der Waals surface area contributed by atoms with Gasteiger partial charge in [-0.3, -0.25) is 4.98 Å². The van der Waals surface area contributed by atoms with E-state index in [1.165, 1.54) is 0 Å². The van der Waals surface area contributed by atoms with Gasteiger partial charge in [-0.2, -0.15) is 0 Å². The van der Waals surface area contributed by atoms with Crippen LogP contribution in [-0.2, 0) is 4.74 Å². The first kappa shape index (κ1) is 21.0. The van der Waals surface area contributed by atoms with E-state index >= 15 is 0 Å². The standard InChI is InChI=1S/C23H31N3O3/c1-5-25(18-10-7-6-8-11-18)20-14-21(16-24-15-20)28-17-19-12-9-13-26(19)22(27)29-23(2,3)4/h6-8,10-11,14-16,19H,5,9,12-13,17H2,1-4H3/t19-/m0/s1. The van der Waals surface area contributed by atoms with Gasteiger partial charge in [0.25, 0.3) is 0 Å². The molecular formula is C23H31N3O3. The summed E-state index contributed by atoms with van der Waals surface area (Å²) in [5, 5.41) is 0. The molecule has 29 heavy (non-hydrogen) atoms. The van der Waals surface area contributed by atoms with Gasteiger partial charge in [0.1, 0.15) is 18.0 Å². The Bertz CT molecular complexity index is 805. The molecule has 0 bridgehead atoms. The molecule has 6 nitrogen and oxygen atoms in total. The van der Waals surface area contributed by atoms with E-state index in [4.69, 9.17) is 9.47 Å². The van der Waals surface area contributed by atoms with Crippen molar-refractivity contribution in [1.29, 1.82) is 0 Å². The lowest BCUT2D eigenvalue weighted by Gasteiger charge is -2.28. The molecule has 6 heteroatoms. The molecule has 0 saturated carbocycles. The average Bonchev–Trinajstić information content (AvgIpc) is 3.16. The topological polar surface area (TPSA) is 54.9 Å². The van der Waals surface area contributed by atoms with Crippen molar-refractivity contribution in [1.82, 2.24) is 9.88 Å². The number of likely N-dealkylation sites (tertiary alicyclic amines) is 1. The summed E-state index contributed by atoms with van der Waals surface area (Å²) in [6.07, 6.45) is 5.17.